The molecule has 0 N–H and O–H groups in total. The lowest BCUT2D eigenvalue weighted by atomic mass is 10.0. The minimum absolute atomic E-state index is 1.05. The van der Waals surface area contributed by atoms with E-state index in [1.807, 2.05) is 0 Å². The molecule has 0 heterocycles. The Bertz CT molecular complexity index is 140. The molecule has 16 heavy (non-hydrogen) atoms. The highest BCUT2D eigenvalue weighted by Gasteiger charge is 2.16. The summed E-state index contributed by atoms with van der Waals surface area (Å²) in [6, 6.07) is 0. The van der Waals surface area contributed by atoms with Crippen molar-refractivity contribution in [2.24, 2.45) is 0 Å². The Labute approximate surface area is 107 Å². The molecular formula is C15H30S. The van der Waals surface area contributed by atoms with Gasteiger partial charge in [0.1, 0.15) is 0 Å². The van der Waals surface area contributed by atoms with Crippen LogP contribution in [0.25, 0.3) is 0 Å². The summed E-state index contributed by atoms with van der Waals surface area (Å²) < 4.78 is 0. The largest absolute Gasteiger partial charge is 0.159 e. The first kappa shape index (κ1) is 14.4. The molecule has 0 aliphatic heterocycles. The predicted octanol–water partition coefficient (Wildman–Crippen LogP) is 5.80. The minimum Gasteiger partial charge on any atom is -0.159 e. The van der Waals surface area contributed by atoms with E-state index in [0.717, 1.165) is 5.25 Å². The lowest BCUT2D eigenvalue weighted by Crippen LogP contribution is -2.13. The highest BCUT2D eigenvalue weighted by Crippen LogP contribution is 2.31. The normalized spacial score (nSPS) is 16.3. The van der Waals surface area contributed by atoms with Gasteiger partial charge in [0.25, 0.3) is 0 Å². The van der Waals surface area contributed by atoms with Gasteiger partial charge < -0.3 is 0 Å². The molecular weight excluding hydrogens is 212 g/mol. The fraction of sp³-hybridized carbons (Fsp3) is 1.00. The maximum Gasteiger partial charge on any atom is 0.00470 e. The molecule has 0 saturated heterocycles. The molecule has 0 bridgehead atoms. The molecule has 0 atom stereocenters. The molecule has 1 rings (SSSR count). The topological polar surface area (TPSA) is 0 Å². The lowest BCUT2D eigenvalue weighted by Gasteiger charge is -2.24. The quantitative estimate of drug-likeness (QED) is 0.412. The minimum atomic E-state index is 1.05. The molecule has 0 aromatic rings. The van der Waals surface area contributed by atoms with Crippen LogP contribution in [0.1, 0.15) is 84.0 Å². The number of hydrogen-bond acceptors (Lipinski definition) is 1. The Kier molecular flexibility index (Phi) is 9.46. The number of rotatable bonds is 11. The van der Waals surface area contributed by atoms with Gasteiger partial charge in [-0.05, 0) is 25.0 Å². The van der Waals surface area contributed by atoms with E-state index in [9.17, 15) is 0 Å². The highest BCUT2D eigenvalue weighted by molar-refractivity contribution is 7.99. The van der Waals surface area contributed by atoms with Crippen LogP contribution in [0.3, 0.4) is 0 Å². The maximum atomic E-state index is 2.29. The van der Waals surface area contributed by atoms with Crippen molar-refractivity contribution >= 4 is 11.8 Å². The van der Waals surface area contributed by atoms with Crippen molar-refractivity contribution < 1.29 is 0 Å². The van der Waals surface area contributed by atoms with Crippen LogP contribution in [-0.2, 0) is 0 Å². The third-order valence-electron chi connectivity index (χ3n) is 3.65. The highest BCUT2D eigenvalue weighted by atomic mass is 32.2. The second-order valence-corrected chi connectivity index (χ2v) is 6.66. The average Bonchev–Trinajstić information content (AvgIpc) is 2.23. The number of hydrogen-bond donors (Lipinski definition) is 0. The third kappa shape index (κ3) is 7.60. The Balaban J connectivity index is 1.65. The Hall–Kier alpha value is 0.350. The first-order valence-electron chi connectivity index (χ1n) is 7.55. The van der Waals surface area contributed by atoms with Crippen molar-refractivity contribution in [2.75, 3.05) is 5.75 Å². The van der Waals surface area contributed by atoms with E-state index < -0.39 is 0 Å². The molecule has 96 valence electrons. The Morgan fingerprint density at radius 1 is 0.812 bits per heavy atom. The molecule has 1 heteroatoms. The van der Waals surface area contributed by atoms with E-state index in [1.165, 1.54) is 82.8 Å². The van der Waals surface area contributed by atoms with E-state index in [4.69, 9.17) is 0 Å². The Morgan fingerprint density at radius 2 is 1.38 bits per heavy atom. The summed E-state index contributed by atoms with van der Waals surface area (Å²) in [6.45, 7) is 2.29. The summed E-state index contributed by atoms with van der Waals surface area (Å²) in [5.41, 5.74) is 0. The van der Waals surface area contributed by atoms with Crippen molar-refractivity contribution in [3.8, 4) is 0 Å². The monoisotopic (exact) mass is 242 g/mol. The van der Waals surface area contributed by atoms with Crippen LogP contribution in [0.4, 0.5) is 0 Å². The van der Waals surface area contributed by atoms with Gasteiger partial charge in [0, 0.05) is 5.25 Å². The molecule has 0 aromatic heterocycles. The summed E-state index contributed by atoms with van der Waals surface area (Å²) >= 11 is 2.24. The van der Waals surface area contributed by atoms with Crippen LogP contribution in [0.5, 0.6) is 0 Å². The average molecular weight is 242 g/mol. The molecule has 1 aliphatic rings. The van der Waals surface area contributed by atoms with Gasteiger partial charge in [-0.25, -0.2) is 0 Å². The first-order valence-corrected chi connectivity index (χ1v) is 8.60. The van der Waals surface area contributed by atoms with Crippen LogP contribution < -0.4 is 0 Å². The van der Waals surface area contributed by atoms with Crippen LogP contribution in [0.15, 0.2) is 0 Å². The molecule has 0 nitrogen and oxygen atoms in total. The molecule has 0 unspecified atom stereocenters. The van der Waals surface area contributed by atoms with Crippen molar-refractivity contribution in [3.63, 3.8) is 0 Å². The van der Waals surface area contributed by atoms with E-state index in [1.54, 1.807) is 0 Å². The Morgan fingerprint density at radius 3 is 1.88 bits per heavy atom. The van der Waals surface area contributed by atoms with Crippen LogP contribution >= 0.6 is 11.8 Å². The third-order valence-corrected chi connectivity index (χ3v) is 5.12. The lowest BCUT2D eigenvalue weighted by molar-refractivity contribution is 0.521. The molecule has 1 saturated carbocycles. The van der Waals surface area contributed by atoms with Crippen molar-refractivity contribution in [3.05, 3.63) is 0 Å². The molecule has 0 radical (unpaired) electrons. The van der Waals surface area contributed by atoms with E-state index in [-0.39, 0.29) is 0 Å². The van der Waals surface area contributed by atoms with E-state index >= 15 is 0 Å². The summed E-state index contributed by atoms with van der Waals surface area (Å²) in [4.78, 5) is 0. The second-order valence-electron chi connectivity index (χ2n) is 5.25. The van der Waals surface area contributed by atoms with Crippen LogP contribution in [0, 0.1) is 0 Å². The summed E-state index contributed by atoms with van der Waals surface area (Å²) in [5.74, 6) is 1.43. The van der Waals surface area contributed by atoms with Crippen molar-refractivity contribution in [1.29, 1.82) is 0 Å². The van der Waals surface area contributed by atoms with Gasteiger partial charge >= 0.3 is 0 Å². The summed E-state index contributed by atoms with van der Waals surface area (Å²) in [7, 11) is 0. The fourth-order valence-corrected chi connectivity index (χ4v) is 3.57. The van der Waals surface area contributed by atoms with Crippen molar-refractivity contribution in [2.45, 2.75) is 89.2 Å². The van der Waals surface area contributed by atoms with E-state index in [2.05, 4.69) is 18.7 Å². The van der Waals surface area contributed by atoms with Gasteiger partial charge in [-0.1, -0.05) is 64.7 Å². The number of thioether (sulfide) groups is 1. The number of unbranched alkanes of at least 4 members (excludes halogenated alkanes) is 8. The summed E-state index contributed by atoms with van der Waals surface area (Å²) in [6.07, 6.45) is 17.7. The van der Waals surface area contributed by atoms with Crippen LogP contribution in [-0.4, -0.2) is 11.0 Å². The van der Waals surface area contributed by atoms with Gasteiger partial charge in [0.05, 0.1) is 0 Å². The standard InChI is InChI=1S/C15H30S/c1-2-3-4-5-6-7-8-9-10-14-16-15-12-11-13-15/h15H,2-14H2,1H3. The predicted molar refractivity (Wildman–Crippen MR) is 77.3 cm³/mol. The smallest absolute Gasteiger partial charge is 0.00470 e. The van der Waals surface area contributed by atoms with Crippen LogP contribution in [0.2, 0.25) is 0 Å². The SMILES string of the molecule is CCCCCCCCCCCSC1CCC1. The zero-order valence-corrected chi connectivity index (χ0v) is 12.0. The van der Waals surface area contributed by atoms with Gasteiger partial charge in [-0.3, -0.25) is 0 Å². The molecule has 0 amide bonds. The van der Waals surface area contributed by atoms with Gasteiger partial charge in [0.15, 0.2) is 0 Å². The molecule has 1 aliphatic carbocycles. The molecule has 0 spiro atoms. The maximum absolute atomic E-state index is 2.29. The van der Waals surface area contributed by atoms with Crippen molar-refractivity contribution in [1.82, 2.24) is 0 Å². The molecule has 1 fully saturated rings. The zero-order chi connectivity index (χ0) is 11.5. The van der Waals surface area contributed by atoms with Gasteiger partial charge in [0.2, 0.25) is 0 Å². The first-order chi connectivity index (χ1) is 7.93. The fourth-order valence-electron chi connectivity index (χ4n) is 2.20. The van der Waals surface area contributed by atoms with E-state index in [0.29, 0.717) is 0 Å². The summed E-state index contributed by atoms with van der Waals surface area (Å²) in [5, 5.41) is 1.05. The molecule has 0 aromatic carbocycles. The zero-order valence-electron chi connectivity index (χ0n) is 11.2. The van der Waals surface area contributed by atoms with Gasteiger partial charge in [-0.2, -0.15) is 11.8 Å². The van der Waals surface area contributed by atoms with Gasteiger partial charge in [-0.15, -0.1) is 0 Å². The second kappa shape index (κ2) is 10.5.